The average Bonchev–Trinajstić information content (AvgIpc) is 2.51. The van der Waals surface area contributed by atoms with Gasteiger partial charge in [-0.05, 0) is 42.5 Å². The Bertz CT molecular complexity index is 795. The van der Waals surface area contributed by atoms with E-state index < -0.39 is 6.09 Å². The van der Waals surface area contributed by atoms with Gasteiger partial charge in [0, 0.05) is 21.3 Å². The number of nitriles is 1. The molecular weight excluding hydrogens is 335 g/mol. The summed E-state index contributed by atoms with van der Waals surface area (Å²) in [5, 5.41) is 12.0. The minimum atomic E-state index is -0.655. The van der Waals surface area contributed by atoms with E-state index in [-0.39, 0.29) is 6.61 Å². The summed E-state index contributed by atoms with van der Waals surface area (Å²) in [5.74, 6) is 5.54. The Morgan fingerprint density at radius 3 is 2.30 bits per heavy atom. The van der Waals surface area contributed by atoms with E-state index in [4.69, 9.17) is 33.2 Å². The third-order valence-electron chi connectivity index (χ3n) is 2.63. The summed E-state index contributed by atoms with van der Waals surface area (Å²) in [6.07, 6.45) is -0.655. The van der Waals surface area contributed by atoms with E-state index in [0.717, 1.165) is 5.56 Å². The van der Waals surface area contributed by atoms with Crippen LogP contribution < -0.4 is 5.32 Å². The second-order valence-electron chi connectivity index (χ2n) is 4.35. The predicted molar refractivity (Wildman–Crippen MR) is 89.5 cm³/mol. The van der Waals surface area contributed by atoms with E-state index in [1.165, 1.54) is 0 Å². The van der Waals surface area contributed by atoms with Gasteiger partial charge >= 0.3 is 6.09 Å². The van der Waals surface area contributed by atoms with Gasteiger partial charge in [-0.2, -0.15) is 5.26 Å². The number of ether oxygens (including phenoxy) is 1. The molecule has 0 saturated heterocycles. The SMILES string of the molecule is N#Cc1ccc(C#CCOC(=O)Nc2cc(Cl)cc(Cl)c2)cc1. The number of anilines is 1. The molecule has 0 bridgehead atoms. The van der Waals surface area contributed by atoms with Gasteiger partial charge < -0.3 is 4.74 Å². The quantitative estimate of drug-likeness (QED) is 0.817. The lowest BCUT2D eigenvalue weighted by molar-refractivity contribution is 0.176. The van der Waals surface area contributed by atoms with E-state index >= 15 is 0 Å². The molecule has 2 rings (SSSR count). The summed E-state index contributed by atoms with van der Waals surface area (Å²) < 4.78 is 4.93. The van der Waals surface area contributed by atoms with Crippen molar-refractivity contribution in [3.05, 3.63) is 63.6 Å². The number of nitrogens with zero attached hydrogens (tertiary/aromatic N) is 1. The maximum absolute atomic E-state index is 11.6. The van der Waals surface area contributed by atoms with Crippen LogP contribution in [0.25, 0.3) is 0 Å². The Balaban J connectivity index is 1.85. The molecule has 114 valence electrons. The van der Waals surface area contributed by atoms with Gasteiger partial charge in [-0.25, -0.2) is 4.79 Å². The fraction of sp³-hybridized carbons (Fsp3) is 0.0588. The fourth-order valence-electron chi connectivity index (χ4n) is 1.65. The number of hydrogen-bond acceptors (Lipinski definition) is 3. The monoisotopic (exact) mass is 344 g/mol. The number of benzene rings is 2. The largest absolute Gasteiger partial charge is 0.436 e. The number of amides is 1. The molecule has 0 aliphatic rings. The van der Waals surface area contributed by atoms with Crippen LogP contribution in [-0.2, 0) is 4.74 Å². The molecule has 0 aliphatic carbocycles. The van der Waals surface area contributed by atoms with Crippen LogP contribution in [0.15, 0.2) is 42.5 Å². The van der Waals surface area contributed by atoms with Crippen molar-refractivity contribution in [3.63, 3.8) is 0 Å². The Hall–Kier alpha value is -2.66. The van der Waals surface area contributed by atoms with Crippen LogP contribution in [0.3, 0.4) is 0 Å². The summed E-state index contributed by atoms with van der Waals surface area (Å²) in [7, 11) is 0. The molecule has 2 aromatic carbocycles. The molecule has 0 aliphatic heterocycles. The van der Waals surface area contributed by atoms with Gasteiger partial charge in [-0.1, -0.05) is 35.0 Å². The standard InChI is InChI=1S/C17H10Cl2N2O2/c18-14-8-15(19)10-16(9-14)21-17(22)23-7-1-2-12-3-5-13(11-20)6-4-12/h3-6,8-10H,7H2,(H,21,22). The van der Waals surface area contributed by atoms with Crippen molar-refractivity contribution in [1.29, 1.82) is 5.26 Å². The number of carbonyl (C=O) groups excluding carboxylic acids is 1. The molecule has 0 heterocycles. The number of hydrogen-bond donors (Lipinski definition) is 1. The fourth-order valence-corrected chi connectivity index (χ4v) is 2.17. The van der Waals surface area contributed by atoms with Crippen LogP contribution in [0.2, 0.25) is 10.0 Å². The lowest BCUT2D eigenvalue weighted by Crippen LogP contribution is -2.13. The first-order chi connectivity index (χ1) is 11.1. The molecule has 2 aromatic rings. The Labute approximate surface area is 143 Å². The zero-order chi connectivity index (χ0) is 16.7. The number of rotatable bonds is 2. The molecule has 0 spiro atoms. The molecule has 0 radical (unpaired) electrons. The van der Waals surface area contributed by atoms with Gasteiger partial charge in [0.1, 0.15) is 0 Å². The number of nitrogens with one attached hydrogen (secondary N) is 1. The third-order valence-corrected chi connectivity index (χ3v) is 3.07. The lowest BCUT2D eigenvalue weighted by atomic mass is 10.1. The molecule has 0 aromatic heterocycles. The zero-order valence-electron chi connectivity index (χ0n) is 11.8. The molecule has 0 saturated carbocycles. The minimum Gasteiger partial charge on any atom is -0.436 e. The molecule has 23 heavy (non-hydrogen) atoms. The van der Waals surface area contributed by atoms with E-state index in [2.05, 4.69) is 17.2 Å². The van der Waals surface area contributed by atoms with Crippen LogP contribution in [0.1, 0.15) is 11.1 Å². The highest BCUT2D eigenvalue weighted by Crippen LogP contribution is 2.22. The summed E-state index contributed by atoms with van der Waals surface area (Å²) >= 11 is 11.7. The van der Waals surface area contributed by atoms with Crippen LogP contribution in [0.5, 0.6) is 0 Å². The van der Waals surface area contributed by atoms with Gasteiger partial charge in [0.15, 0.2) is 6.61 Å². The Morgan fingerprint density at radius 1 is 1.09 bits per heavy atom. The average molecular weight is 345 g/mol. The minimum absolute atomic E-state index is 0.0693. The molecule has 0 atom stereocenters. The molecule has 0 unspecified atom stereocenters. The Kier molecular flexibility index (Phi) is 5.88. The summed E-state index contributed by atoms with van der Waals surface area (Å²) in [6, 6.07) is 13.5. The first-order valence-electron chi connectivity index (χ1n) is 6.46. The maximum atomic E-state index is 11.6. The van der Waals surface area contributed by atoms with E-state index in [1.54, 1.807) is 42.5 Å². The Morgan fingerprint density at radius 2 is 1.70 bits per heavy atom. The highest BCUT2D eigenvalue weighted by Gasteiger charge is 2.04. The van der Waals surface area contributed by atoms with Crippen molar-refractivity contribution >= 4 is 35.0 Å². The lowest BCUT2D eigenvalue weighted by Gasteiger charge is -2.05. The number of halogens is 2. The maximum Gasteiger partial charge on any atom is 0.412 e. The van der Waals surface area contributed by atoms with Crippen LogP contribution in [0.4, 0.5) is 10.5 Å². The van der Waals surface area contributed by atoms with Gasteiger partial charge in [-0.3, -0.25) is 5.32 Å². The van der Waals surface area contributed by atoms with E-state index in [1.807, 2.05) is 6.07 Å². The summed E-state index contributed by atoms with van der Waals surface area (Å²) in [4.78, 5) is 11.6. The third kappa shape index (κ3) is 5.56. The van der Waals surface area contributed by atoms with Gasteiger partial charge in [0.25, 0.3) is 0 Å². The summed E-state index contributed by atoms with van der Waals surface area (Å²) in [5.41, 5.74) is 1.73. The molecule has 1 amide bonds. The van der Waals surface area contributed by atoms with Crippen molar-refractivity contribution in [2.24, 2.45) is 0 Å². The normalized spacial score (nSPS) is 9.26. The van der Waals surface area contributed by atoms with Crippen molar-refractivity contribution in [2.45, 2.75) is 0 Å². The second kappa shape index (κ2) is 8.10. The van der Waals surface area contributed by atoms with Crippen molar-refractivity contribution in [1.82, 2.24) is 0 Å². The van der Waals surface area contributed by atoms with Gasteiger partial charge in [-0.15, -0.1) is 0 Å². The van der Waals surface area contributed by atoms with Crippen molar-refractivity contribution in [2.75, 3.05) is 11.9 Å². The highest BCUT2D eigenvalue weighted by molar-refractivity contribution is 6.35. The molecule has 6 heteroatoms. The smallest absolute Gasteiger partial charge is 0.412 e. The van der Waals surface area contributed by atoms with E-state index in [9.17, 15) is 4.79 Å². The highest BCUT2D eigenvalue weighted by atomic mass is 35.5. The topological polar surface area (TPSA) is 62.1 Å². The van der Waals surface area contributed by atoms with Crippen LogP contribution >= 0.6 is 23.2 Å². The van der Waals surface area contributed by atoms with Crippen LogP contribution in [-0.4, -0.2) is 12.7 Å². The molecule has 4 nitrogen and oxygen atoms in total. The zero-order valence-corrected chi connectivity index (χ0v) is 13.3. The molecule has 0 fully saturated rings. The molecule has 1 N–H and O–H groups in total. The van der Waals surface area contributed by atoms with Crippen molar-refractivity contribution < 1.29 is 9.53 Å². The first-order valence-corrected chi connectivity index (χ1v) is 7.21. The first kappa shape index (κ1) is 16.7. The molecular formula is C17H10Cl2N2O2. The summed E-state index contributed by atoms with van der Waals surface area (Å²) in [6.45, 7) is -0.0693. The van der Waals surface area contributed by atoms with E-state index in [0.29, 0.717) is 21.3 Å². The van der Waals surface area contributed by atoms with Gasteiger partial charge in [0.05, 0.1) is 11.6 Å². The number of carbonyl (C=O) groups is 1. The van der Waals surface area contributed by atoms with Crippen molar-refractivity contribution in [3.8, 4) is 17.9 Å². The second-order valence-corrected chi connectivity index (χ2v) is 5.22. The van der Waals surface area contributed by atoms with Crippen LogP contribution in [0, 0.1) is 23.2 Å². The predicted octanol–water partition coefficient (Wildman–Crippen LogP) is 4.47. The van der Waals surface area contributed by atoms with Gasteiger partial charge in [0.2, 0.25) is 0 Å².